The van der Waals surface area contributed by atoms with Crippen molar-refractivity contribution in [2.24, 2.45) is 0 Å². The van der Waals surface area contributed by atoms with E-state index in [4.69, 9.17) is 9.47 Å². The molecule has 0 N–H and O–H groups in total. The number of ether oxygens (including phenoxy) is 2. The quantitative estimate of drug-likeness (QED) is 0.452. The van der Waals surface area contributed by atoms with Gasteiger partial charge in [0, 0.05) is 24.2 Å². The Bertz CT molecular complexity index is 1060. The standard InChI is InChI=1S/C23H28N4O3.C2H6/c1-5-6-17-11-20(26-21(25-17)22(28)30-23(2,3)4)29-14-18-13-27-12-16(15-7-8-15)9-10-19(27)24-18;1-2/h9-13,15H,5-8,14H2,1-4H3;1-2H3. The molecule has 4 rings (SSSR count). The summed E-state index contributed by atoms with van der Waals surface area (Å²) in [6, 6.07) is 5.97. The van der Waals surface area contributed by atoms with Crippen LogP contribution in [0.4, 0.5) is 0 Å². The highest BCUT2D eigenvalue weighted by atomic mass is 16.6. The molecule has 0 spiro atoms. The molecule has 0 saturated heterocycles. The number of esters is 1. The normalized spacial score (nSPS) is 13.4. The number of fused-ring (bicyclic) bond motifs is 1. The number of nitrogens with zero attached hydrogens (tertiary/aromatic N) is 4. The van der Waals surface area contributed by atoms with Gasteiger partial charge in [0.15, 0.2) is 0 Å². The minimum absolute atomic E-state index is 0.0231. The van der Waals surface area contributed by atoms with E-state index in [0.717, 1.165) is 29.9 Å². The molecule has 1 aliphatic carbocycles. The fraction of sp³-hybridized carbons (Fsp3) is 0.520. The summed E-state index contributed by atoms with van der Waals surface area (Å²) < 4.78 is 13.3. The molecule has 7 nitrogen and oxygen atoms in total. The third-order valence-electron chi connectivity index (χ3n) is 4.78. The van der Waals surface area contributed by atoms with Crippen LogP contribution >= 0.6 is 0 Å². The maximum absolute atomic E-state index is 12.4. The molecule has 3 aromatic rings. The number of aromatic nitrogens is 4. The van der Waals surface area contributed by atoms with Crippen molar-refractivity contribution in [2.75, 3.05) is 0 Å². The van der Waals surface area contributed by atoms with Crippen LogP contribution in [0.25, 0.3) is 5.65 Å². The second kappa shape index (κ2) is 10.1. The third kappa shape index (κ3) is 6.28. The smallest absolute Gasteiger partial charge is 0.377 e. The molecule has 1 saturated carbocycles. The van der Waals surface area contributed by atoms with Crippen molar-refractivity contribution in [3.8, 4) is 5.88 Å². The average Bonchev–Trinajstić information content (AvgIpc) is 3.52. The molecule has 3 aromatic heterocycles. The van der Waals surface area contributed by atoms with E-state index in [1.54, 1.807) is 6.07 Å². The van der Waals surface area contributed by atoms with E-state index in [0.29, 0.717) is 11.8 Å². The van der Waals surface area contributed by atoms with Crippen molar-refractivity contribution < 1.29 is 14.3 Å². The first-order valence-electron chi connectivity index (χ1n) is 11.5. The van der Waals surface area contributed by atoms with Gasteiger partial charge in [-0.1, -0.05) is 33.3 Å². The number of hydrogen-bond donors (Lipinski definition) is 0. The Labute approximate surface area is 190 Å². The van der Waals surface area contributed by atoms with Crippen LogP contribution in [-0.2, 0) is 17.8 Å². The minimum Gasteiger partial charge on any atom is -0.471 e. The predicted octanol–water partition coefficient (Wildman–Crippen LogP) is 5.51. The van der Waals surface area contributed by atoms with Crippen molar-refractivity contribution >= 4 is 11.6 Å². The molecule has 0 amide bonds. The van der Waals surface area contributed by atoms with Crippen molar-refractivity contribution in [3.05, 3.63) is 53.4 Å². The molecular weight excluding hydrogens is 404 g/mol. The van der Waals surface area contributed by atoms with Crippen LogP contribution in [-0.4, -0.2) is 30.9 Å². The zero-order valence-corrected chi connectivity index (χ0v) is 20.0. The Morgan fingerprint density at radius 2 is 1.84 bits per heavy atom. The number of aryl methyl sites for hydroxylation is 1. The van der Waals surface area contributed by atoms with Crippen LogP contribution in [0.2, 0.25) is 0 Å². The number of hydrogen-bond acceptors (Lipinski definition) is 6. The van der Waals surface area contributed by atoms with Gasteiger partial charge in [0.05, 0.1) is 5.69 Å². The lowest BCUT2D eigenvalue weighted by atomic mass is 10.2. The number of carbonyl (C=O) groups is 1. The molecule has 172 valence electrons. The van der Waals surface area contributed by atoms with E-state index < -0.39 is 11.6 Å². The lowest BCUT2D eigenvalue weighted by Crippen LogP contribution is -2.25. The van der Waals surface area contributed by atoms with Gasteiger partial charge >= 0.3 is 5.97 Å². The summed E-state index contributed by atoms with van der Waals surface area (Å²) in [6.45, 7) is 11.8. The molecule has 32 heavy (non-hydrogen) atoms. The Kier molecular flexibility index (Phi) is 7.48. The van der Waals surface area contributed by atoms with Gasteiger partial charge < -0.3 is 13.9 Å². The van der Waals surface area contributed by atoms with E-state index in [-0.39, 0.29) is 12.4 Å². The predicted molar refractivity (Wildman–Crippen MR) is 124 cm³/mol. The SMILES string of the molecule is CC.CCCc1cc(OCc2cn3cc(C4CC4)ccc3n2)nc(C(=O)OC(C)(C)C)n1. The summed E-state index contributed by atoms with van der Waals surface area (Å²) in [5, 5.41) is 0. The molecule has 0 bridgehead atoms. The maximum atomic E-state index is 12.4. The maximum Gasteiger partial charge on any atom is 0.377 e. The number of carbonyl (C=O) groups excluding carboxylic acids is 1. The Balaban J connectivity index is 0.00000141. The van der Waals surface area contributed by atoms with E-state index in [1.165, 1.54) is 18.4 Å². The highest BCUT2D eigenvalue weighted by Gasteiger charge is 2.24. The van der Waals surface area contributed by atoms with Crippen molar-refractivity contribution in [1.82, 2.24) is 19.4 Å². The summed E-state index contributed by atoms with van der Waals surface area (Å²) in [5.41, 5.74) is 3.19. The van der Waals surface area contributed by atoms with Crippen LogP contribution in [0.15, 0.2) is 30.6 Å². The highest BCUT2D eigenvalue weighted by molar-refractivity contribution is 5.85. The minimum atomic E-state index is -0.613. The molecule has 1 fully saturated rings. The van der Waals surface area contributed by atoms with E-state index in [9.17, 15) is 4.79 Å². The summed E-state index contributed by atoms with van der Waals surface area (Å²) >= 11 is 0. The monoisotopic (exact) mass is 438 g/mol. The van der Waals surface area contributed by atoms with Crippen molar-refractivity contribution in [1.29, 1.82) is 0 Å². The van der Waals surface area contributed by atoms with Crippen molar-refractivity contribution in [3.63, 3.8) is 0 Å². The molecule has 0 radical (unpaired) electrons. The second-order valence-corrected chi connectivity index (χ2v) is 8.80. The van der Waals surface area contributed by atoms with Crippen LogP contribution in [0.1, 0.15) is 94.3 Å². The second-order valence-electron chi connectivity index (χ2n) is 8.80. The fourth-order valence-electron chi connectivity index (χ4n) is 3.28. The van der Waals surface area contributed by atoms with E-state index >= 15 is 0 Å². The van der Waals surface area contributed by atoms with Gasteiger partial charge in [0.25, 0.3) is 0 Å². The first kappa shape index (κ1) is 23.7. The van der Waals surface area contributed by atoms with Gasteiger partial charge in [-0.05, 0) is 57.6 Å². The summed E-state index contributed by atoms with van der Waals surface area (Å²) in [5.74, 6) is 0.520. The highest BCUT2D eigenvalue weighted by Crippen LogP contribution is 2.39. The van der Waals surface area contributed by atoms with Gasteiger partial charge in [-0.3, -0.25) is 0 Å². The van der Waals surface area contributed by atoms with Crippen LogP contribution in [0, 0.1) is 0 Å². The van der Waals surface area contributed by atoms with Gasteiger partial charge in [-0.2, -0.15) is 4.98 Å². The lowest BCUT2D eigenvalue weighted by Gasteiger charge is -2.19. The summed E-state index contributed by atoms with van der Waals surface area (Å²) in [7, 11) is 0. The molecule has 1 aliphatic rings. The summed E-state index contributed by atoms with van der Waals surface area (Å²) in [4.78, 5) is 25.7. The van der Waals surface area contributed by atoms with Crippen LogP contribution in [0.3, 0.4) is 0 Å². The number of rotatable bonds is 7. The lowest BCUT2D eigenvalue weighted by molar-refractivity contribution is 0.00538. The molecule has 0 aliphatic heterocycles. The number of imidazole rings is 1. The van der Waals surface area contributed by atoms with Crippen LogP contribution < -0.4 is 4.74 Å². The van der Waals surface area contributed by atoms with Gasteiger partial charge in [-0.25, -0.2) is 14.8 Å². The first-order valence-corrected chi connectivity index (χ1v) is 11.5. The molecule has 0 atom stereocenters. The van der Waals surface area contributed by atoms with Crippen molar-refractivity contribution in [2.45, 2.75) is 85.4 Å². The fourth-order valence-corrected chi connectivity index (χ4v) is 3.28. The molecule has 0 unspecified atom stereocenters. The zero-order chi connectivity index (χ0) is 23.3. The molecule has 7 heteroatoms. The van der Waals surface area contributed by atoms with Crippen LogP contribution in [0.5, 0.6) is 5.88 Å². The Hall–Kier alpha value is -2.96. The average molecular weight is 439 g/mol. The topological polar surface area (TPSA) is 78.6 Å². The molecular formula is C25H34N4O3. The third-order valence-corrected chi connectivity index (χ3v) is 4.78. The molecule has 3 heterocycles. The van der Waals surface area contributed by atoms with E-state index in [2.05, 4.69) is 34.1 Å². The van der Waals surface area contributed by atoms with Gasteiger partial charge in [-0.15, -0.1) is 0 Å². The van der Waals surface area contributed by atoms with E-state index in [1.807, 2.05) is 51.3 Å². The molecule has 0 aromatic carbocycles. The zero-order valence-electron chi connectivity index (χ0n) is 20.0. The summed E-state index contributed by atoms with van der Waals surface area (Å²) in [6.07, 6.45) is 8.29. The Morgan fingerprint density at radius 3 is 2.50 bits per heavy atom. The largest absolute Gasteiger partial charge is 0.471 e. The van der Waals surface area contributed by atoms with Gasteiger partial charge in [0.2, 0.25) is 11.7 Å². The number of pyridine rings is 1. The first-order chi connectivity index (χ1) is 15.3. The Morgan fingerprint density at radius 1 is 1.09 bits per heavy atom. The van der Waals surface area contributed by atoms with Gasteiger partial charge in [0.1, 0.15) is 17.9 Å².